The molecule has 11 heavy (non-hydrogen) atoms. The zero-order chi connectivity index (χ0) is 8.65. The van der Waals surface area contributed by atoms with Gasteiger partial charge in [-0.15, -0.1) is 0 Å². The van der Waals surface area contributed by atoms with Crippen molar-refractivity contribution in [2.45, 2.75) is 40.5 Å². The second-order valence-electron chi connectivity index (χ2n) is 4.78. The quantitative estimate of drug-likeness (QED) is 0.567. The van der Waals surface area contributed by atoms with Crippen LogP contribution < -0.4 is 0 Å². The van der Waals surface area contributed by atoms with Gasteiger partial charge in [0.15, 0.2) is 0 Å². The molecule has 0 aromatic heterocycles. The van der Waals surface area contributed by atoms with Crippen LogP contribution in [0.1, 0.15) is 40.5 Å². The number of hydrogen-bond acceptors (Lipinski definition) is 1. The Balaban J connectivity index is 2.55. The second kappa shape index (κ2) is 2.62. The average molecular weight is 154 g/mol. The maximum atomic E-state index is 11.7. The molecule has 0 saturated heterocycles. The second-order valence-corrected chi connectivity index (χ2v) is 4.78. The van der Waals surface area contributed by atoms with Crippen molar-refractivity contribution in [3.8, 4) is 0 Å². The van der Waals surface area contributed by atoms with Crippen LogP contribution in [-0.2, 0) is 4.79 Å². The van der Waals surface area contributed by atoms with Gasteiger partial charge in [0.25, 0.3) is 0 Å². The Morgan fingerprint density at radius 2 is 1.82 bits per heavy atom. The molecule has 0 unspecified atom stereocenters. The molecule has 1 nitrogen and oxygen atoms in total. The predicted molar refractivity (Wildman–Crippen MR) is 46.4 cm³/mol. The lowest BCUT2D eigenvalue weighted by Gasteiger charge is -2.36. The van der Waals surface area contributed by atoms with Gasteiger partial charge in [0.2, 0.25) is 0 Å². The molecule has 0 radical (unpaired) electrons. The lowest BCUT2D eigenvalue weighted by Crippen LogP contribution is -2.37. The summed E-state index contributed by atoms with van der Waals surface area (Å²) in [6.45, 7) is 8.22. The molecule has 64 valence electrons. The summed E-state index contributed by atoms with van der Waals surface area (Å²) in [6, 6.07) is 0. The van der Waals surface area contributed by atoms with E-state index in [0.717, 1.165) is 6.42 Å². The lowest BCUT2D eigenvalue weighted by molar-refractivity contribution is -0.135. The van der Waals surface area contributed by atoms with E-state index in [1.54, 1.807) is 0 Å². The minimum atomic E-state index is -0.126. The average Bonchev–Trinajstić information content (AvgIpc) is 1.83. The highest BCUT2D eigenvalue weighted by molar-refractivity contribution is 5.86. The van der Waals surface area contributed by atoms with Gasteiger partial charge in [0.1, 0.15) is 5.78 Å². The van der Waals surface area contributed by atoms with E-state index in [-0.39, 0.29) is 5.41 Å². The van der Waals surface area contributed by atoms with Crippen LogP contribution in [0.25, 0.3) is 0 Å². The van der Waals surface area contributed by atoms with Gasteiger partial charge in [0, 0.05) is 11.3 Å². The van der Waals surface area contributed by atoms with Crippen molar-refractivity contribution >= 4 is 5.78 Å². The molecule has 2 atom stereocenters. The highest BCUT2D eigenvalue weighted by Crippen LogP contribution is 2.38. The molecule has 1 aliphatic carbocycles. The van der Waals surface area contributed by atoms with E-state index < -0.39 is 0 Å². The molecule has 0 aromatic carbocycles. The molecule has 0 aliphatic heterocycles. The van der Waals surface area contributed by atoms with Crippen LogP contribution in [0.2, 0.25) is 0 Å². The third kappa shape index (κ3) is 1.63. The third-order valence-corrected chi connectivity index (χ3v) is 2.70. The van der Waals surface area contributed by atoms with Crippen molar-refractivity contribution in [2.24, 2.45) is 17.3 Å². The van der Waals surface area contributed by atoms with Crippen molar-refractivity contribution in [1.82, 2.24) is 0 Å². The van der Waals surface area contributed by atoms with Gasteiger partial charge in [0.05, 0.1) is 0 Å². The summed E-state index contributed by atoms with van der Waals surface area (Å²) in [6.07, 6.45) is 2.36. The summed E-state index contributed by atoms with van der Waals surface area (Å²) >= 11 is 0. The van der Waals surface area contributed by atoms with Gasteiger partial charge in [-0.2, -0.15) is 0 Å². The first-order valence-electron chi connectivity index (χ1n) is 4.47. The number of carbonyl (C=O) groups is 1. The summed E-state index contributed by atoms with van der Waals surface area (Å²) in [7, 11) is 0. The molecule has 1 fully saturated rings. The number of ketones is 1. The summed E-state index contributed by atoms with van der Waals surface area (Å²) in [5.74, 6) is 1.47. The number of Topliss-reactive ketones (excluding diaryl/α,β-unsaturated/α-hetero) is 1. The zero-order valence-electron chi connectivity index (χ0n) is 7.98. The minimum absolute atomic E-state index is 0.126. The van der Waals surface area contributed by atoms with E-state index in [0.29, 0.717) is 17.6 Å². The SMILES string of the molecule is C[C@@H]1CC[C@H]1C(=O)C(C)(C)C. The van der Waals surface area contributed by atoms with Crippen molar-refractivity contribution in [3.63, 3.8) is 0 Å². The molecule has 0 bridgehead atoms. The van der Waals surface area contributed by atoms with Crippen LogP contribution in [0.4, 0.5) is 0 Å². The van der Waals surface area contributed by atoms with Crippen LogP contribution in [0.3, 0.4) is 0 Å². The maximum absolute atomic E-state index is 11.7. The van der Waals surface area contributed by atoms with Crippen LogP contribution in [0.15, 0.2) is 0 Å². The fourth-order valence-corrected chi connectivity index (χ4v) is 1.61. The van der Waals surface area contributed by atoms with E-state index >= 15 is 0 Å². The van der Waals surface area contributed by atoms with E-state index in [1.165, 1.54) is 6.42 Å². The Hall–Kier alpha value is -0.330. The normalized spacial score (nSPS) is 31.3. The fraction of sp³-hybridized carbons (Fsp3) is 0.900. The topological polar surface area (TPSA) is 17.1 Å². The van der Waals surface area contributed by atoms with E-state index in [9.17, 15) is 4.79 Å². The Labute approximate surface area is 69.2 Å². The van der Waals surface area contributed by atoms with E-state index in [4.69, 9.17) is 0 Å². The van der Waals surface area contributed by atoms with Gasteiger partial charge in [-0.1, -0.05) is 27.7 Å². The van der Waals surface area contributed by atoms with Crippen molar-refractivity contribution in [2.75, 3.05) is 0 Å². The molecule has 0 amide bonds. The molecular formula is C10H18O. The first-order chi connectivity index (χ1) is 4.93. The smallest absolute Gasteiger partial charge is 0.141 e. The van der Waals surface area contributed by atoms with Gasteiger partial charge in [-0.25, -0.2) is 0 Å². The molecule has 1 saturated carbocycles. The van der Waals surface area contributed by atoms with Crippen molar-refractivity contribution in [1.29, 1.82) is 0 Å². The highest BCUT2D eigenvalue weighted by Gasteiger charge is 2.38. The Morgan fingerprint density at radius 3 is 1.91 bits per heavy atom. The Morgan fingerprint density at radius 1 is 1.27 bits per heavy atom. The van der Waals surface area contributed by atoms with Gasteiger partial charge >= 0.3 is 0 Å². The third-order valence-electron chi connectivity index (χ3n) is 2.70. The summed E-state index contributed by atoms with van der Waals surface area (Å²) in [5, 5.41) is 0. The summed E-state index contributed by atoms with van der Waals surface area (Å²) in [4.78, 5) is 11.7. The molecule has 0 heterocycles. The number of carbonyl (C=O) groups excluding carboxylic acids is 1. The highest BCUT2D eigenvalue weighted by atomic mass is 16.1. The van der Waals surface area contributed by atoms with Gasteiger partial charge < -0.3 is 0 Å². The van der Waals surface area contributed by atoms with Crippen molar-refractivity contribution in [3.05, 3.63) is 0 Å². The first-order valence-corrected chi connectivity index (χ1v) is 4.47. The molecule has 0 aromatic rings. The minimum Gasteiger partial charge on any atom is -0.299 e. The van der Waals surface area contributed by atoms with E-state index in [1.807, 2.05) is 20.8 Å². The molecular weight excluding hydrogens is 136 g/mol. The monoisotopic (exact) mass is 154 g/mol. The van der Waals surface area contributed by atoms with Crippen LogP contribution in [-0.4, -0.2) is 5.78 Å². The summed E-state index contributed by atoms with van der Waals surface area (Å²) < 4.78 is 0. The standard InChI is InChI=1S/C10H18O/c1-7-5-6-8(7)9(11)10(2,3)4/h7-8H,5-6H2,1-4H3/t7-,8-/m1/s1. The molecule has 1 aliphatic rings. The van der Waals surface area contributed by atoms with Crippen LogP contribution >= 0.6 is 0 Å². The molecule has 1 heteroatoms. The zero-order valence-corrected chi connectivity index (χ0v) is 7.98. The van der Waals surface area contributed by atoms with Gasteiger partial charge in [-0.3, -0.25) is 4.79 Å². The lowest BCUT2D eigenvalue weighted by atomic mass is 9.67. The maximum Gasteiger partial charge on any atom is 0.141 e. The summed E-state index contributed by atoms with van der Waals surface area (Å²) in [5.41, 5.74) is -0.126. The molecule has 0 spiro atoms. The molecule has 0 N–H and O–H groups in total. The Kier molecular flexibility index (Phi) is 2.08. The Bertz CT molecular complexity index is 164. The number of rotatable bonds is 1. The van der Waals surface area contributed by atoms with Gasteiger partial charge in [-0.05, 0) is 18.8 Å². The first kappa shape index (κ1) is 8.76. The fourth-order valence-electron chi connectivity index (χ4n) is 1.61. The predicted octanol–water partition coefficient (Wildman–Crippen LogP) is 2.65. The number of hydrogen-bond donors (Lipinski definition) is 0. The van der Waals surface area contributed by atoms with Crippen LogP contribution in [0.5, 0.6) is 0 Å². The largest absolute Gasteiger partial charge is 0.299 e. The van der Waals surface area contributed by atoms with Crippen molar-refractivity contribution < 1.29 is 4.79 Å². The van der Waals surface area contributed by atoms with Crippen LogP contribution in [0, 0.1) is 17.3 Å². The van der Waals surface area contributed by atoms with E-state index in [2.05, 4.69) is 6.92 Å². The molecule has 1 rings (SSSR count).